The van der Waals surface area contributed by atoms with Gasteiger partial charge in [0.25, 0.3) is 0 Å². The van der Waals surface area contributed by atoms with E-state index in [0.29, 0.717) is 6.54 Å². The van der Waals surface area contributed by atoms with E-state index in [1.165, 1.54) is 16.7 Å². The lowest BCUT2D eigenvalue weighted by molar-refractivity contribution is 0.0388. The number of ether oxygens (including phenoxy) is 1. The summed E-state index contributed by atoms with van der Waals surface area (Å²) in [5.41, 5.74) is 7.69. The number of nitrogens with zero attached hydrogens (tertiary/aromatic N) is 2. The Morgan fingerprint density at radius 3 is 2.73 bits per heavy atom. The third-order valence-corrected chi connectivity index (χ3v) is 5.75. The normalized spacial score (nSPS) is 15.5. The van der Waals surface area contributed by atoms with Gasteiger partial charge >= 0.3 is 6.03 Å². The molecule has 2 heterocycles. The van der Waals surface area contributed by atoms with Crippen molar-refractivity contribution in [3.8, 4) is 22.5 Å². The number of amides is 2. The van der Waals surface area contributed by atoms with Gasteiger partial charge in [-0.2, -0.15) is 5.10 Å². The van der Waals surface area contributed by atoms with Crippen LogP contribution in [0.1, 0.15) is 11.1 Å². The average Bonchev–Trinajstić information content (AvgIpc) is 3.34. The van der Waals surface area contributed by atoms with Crippen LogP contribution in [0.2, 0.25) is 0 Å². The molecule has 5 rings (SSSR count). The fraction of sp³-hybridized carbons (Fsp3) is 0.304. The highest BCUT2D eigenvalue weighted by atomic mass is 16.5. The van der Waals surface area contributed by atoms with Gasteiger partial charge in [-0.15, -0.1) is 0 Å². The summed E-state index contributed by atoms with van der Waals surface area (Å²) < 4.78 is 5.34. The van der Waals surface area contributed by atoms with Crippen molar-refractivity contribution in [1.82, 2.24) is 20.4 Å². The van der Waals surface area contributed by atoms with Crippen LogP contribution in [0.15, 0.2) is 48.5 Å². The summed E-state index contributed by atoms with van der Waals surface area (Å²) in [6.07, 6.45) is 0.892. The van der Waals surface area contributed by atoms with Gasteiger partial charge in [-0.3, -0.25) is 10.00 Å². The van der Waals surface area contributed by atoms with Gasteiger partial charge < -0.3 is 15.4 Å². The van der Waals surface area contributed by atoms with Gasteiger partial charge in [0.2, 0.25) is 0 Å². The van der Waals surface area contributed by atoms with Crippen molar-refractivity contribution in [2.75, 3.05) is 44.7 Å². The number of H-pyrrole nitrogens is 1. The van der Waals surface area contributed by atoms with E-state index < -0.39 is 0 Å². The van der Waals surface area contributed by atoms with E-state index in [1.54, 1.807) is 0 Å². The smallest absolute Gasteiger partial charge is 0.319 e. The molecule has 0 radical (unpaired) electrons. The van der Waals surface area contributed by atoms with Gasteiger partial charge in [-0.05, 0) is 17.7 Å². The quantitative estimate of drug-likeness (QED) is 0.478. The van der Waals surface area contributed by atoms with Crippen molar-refractivity contribution in [3.05, 3.63) is 59.7 Å². The molecule has 3 N–H and O–H groups in total. The number of anilines is 1. The van der Waals surface area contributed by atoms with Crippen LogP contribution >= 0.6 is 0 Å². The van der Waals surface area contributed by atoms with Gasteiger partial charge in [0.1, 0.15) is 0 Å². The predicted octanol–water partition coefficient (Wildman–Crippen LogP) is 3.10. The Hall–Kier alpha value is -3.16. The van der Waals surface area contributed by atoms with Crippen LogP contribution in [0, 0.1) is 0 Å². The number of morpholine rings is 1. The number of carbonyl (C=O) groups is 1. The zero-order valence-electron chi connectivity index (χ0n) is 16.8. The van der Waals surface area contributed by atoms with Gasteiger partial charge in [-0.1, -0.05) is 36.4 Å². The van der Waals surface area contributed by atoms with Crippen molar-refractivity contribution in [2.45, 2.75) is 6.42 Å². The number of aromatic amines is 1. The van der Waals surface area contributed by atoms with Crippen LogP contribution in [0.5, 0.6) is 0 Å². The molecule has 1 aromatic heterocycles. The van der Waals surface area contributed by atoms with Crippen molar-refractivity contribution < 1.29 is 9.53 Å². The van der Waals surface area contributed by atoms with Gasteiger partial charge in [0, 0.05) is 55.0 Å². The number of fused-ring (bicyclic) bond motifs is 3. The molecule has 2 aliphatic rings. The third kappa shape index (κ3) is 3.81. The summed E-state index contributed by atoms with van der Waals surface area (Å²) in [6, 6.07) is 16.1. The van der Waals surface area contributed by atoms with E-state index >= 15 is 0 Å². The fourth-order valence-corrected chi connectivity index (χ4v) is 4.15. The van der Waals surface area contributed by atoms with Crippen LogP contribution in [-0.4, -0.2) is 60.5 Å². The molecule has 1 aliphatic carbocycles. The highest BCUT2D eigenvalue weighted by Crippen LogP contribution is 2.39. The average molecular weight is 403 g/mol. The summed E-state index contributed by atoms with van der Waals surface area (Å²) >= 11 is 0. The Balaban J connectivity index is 1.18. The van der Waals surface area contributed by atoms with Crippen molar-refractivity contribution in [1.29, 1.82) is 0 Å². The topological polar surface area (TPSA) is 82.3 Å². The summed E-state index contributed by atoms with van der Waals surface area (Å²) in [5, 5.41) is 13.6. The van der Waals surface area contributed by atoms with E-state index in [-0.39, 0.29) is 6.03 Å². The highest BCUT2D eigenvalue weighted by Gasteiger charge is 2.24. The zero-order chi connectivity index (χ0) is 20.3. The minimum absolute atomic E-state index is 0.188. The molecule has 154 valence electrons. The summed E-state index contributed by atoms with van der Waals surface area (Å²) in [5.74, 6) is 0. The molecule has 0 saturated carbocycles. The standard InChI is InChI=1S/C23H25N5O2/c29-23(24-9-10-28-11-13-30-14-12-28)25-18-7-5-16(6-8-18)21-20-15-17-3-1-2-4-19(17)22(20)27-26-21/h1-8H,9-15H2,(H,26,27)(H2,24,25,29). The second-order valence-corrected chi connectivity index (χ2v) is 7.67. The number of rotatable bonds is 5. The lowest BCUT2D eigenvalue weighted by Gasteiger charge is -2.26. The van der Waals surface area contributed by atoms with E-state index in [2.05, 4.69) is 50.0 Å². The number of hydrogen-bond donors (Lipinski definition) is 3. The van der Waals surface area contributed by atoms with Crippen LogP contribution in [0.3, 0.4) is 0 Å². The lowest BCUT2D eigenvalue weighted by atomic mass is 10.1. The summed E-state index contributed by atoms with van der Waals surface area (Å²) in [6.45, 7) is 4.83. The van der Waals surface area contributed by atoms with Gasteiger partial charge in [-0.25, -0.2) is 4.79 Å². The molecule has 30 heavy (non-hydrogen) atoms. The number of hydrogen-bond acceptors (Lipinski definition) is 4. The molecule has 3 aromatic rings. The Bertz CT molecular complexity index is 1040. The van der Waals surface area contributed by atoms with Gasteiger partial charge in [0.05, 0.1) is 24.6 Å². The Morgan fingerprint density at radius 1 is 1.10 bits per heavy atom. The molecule has 1 fully saturated rings. The van der Waals surface area contributed by atoms with Crippen molar-refractivity contribution >= 4 is 11.7 Å². The Kier molecular flexibility index (Phi) is 5.21. The monoisotopic (exact) mass is 403 g/mol. The maximum atomic E-state index is 12.2. The predicted molar refractivity (Wildman–Crippen MR) is 117 cm³/mol. The van der Waals surface area contributed by atoms with Crippen LogP contribution in [0.25, 0.3) is 22.5 Å². The van der Waals surface area contributed by atoms with E-state index in [1.807, 2.05) is 24.3 Å². The number of urea groups is 1. The molecule has 0 bridgehead atoms. The maximum Gasteiger partial charge on any atom is 0.319 e. The largest absolute Gasteiger partial charge is 0.379 e. The Morgan fingerprint density at radius 2 is 1.90 bits per heavy atom. The molecule has 7 nitrogen and oxygen atoms in total. The Labute approximate surface area is 175 Å². The van der Waals surface area contributed by atoms with Crippen LogP contribution in [0.4, 0.5) is 10.5 Å². The van der Waals surface area contributed by atoms with Gasteiger partial charge in [0.15, 0.2) is 0 Å². The van der Waals surface area contributed by atoms with E-state index in [0.717, 1.165) is 61.9 Å². The lowest BCUT2D eigenvalue weighted by Crippen LogP contribution is -2.42. The molecular formula is C23H25N5O2. The van der Waals surface area contributed by atoms with Crippen molar-refractivity contribution in [2.24, 2.45) is 0 Å². The second-order valence-electron chi connectivity index (χ2n) is 7.67. The van der Waals surface area contributed by atoms with Crippen LogP contribution in [-0.2, 0) is 11.2 Å². The van der Waals surface area contributed by atoms with E-state index in [4.69, 9.17) is 4.74 Å². The van der Waals surface area contributed by atoms with E-state index in [9.17, 15) is 4.79 Å². The molecule has 2 aromatic carbocycles. The SMILES string of the molecule is O=C(NCCN1CCOCC1)Nc1ccc(-c2n[nH]c3c2Cc2ccccc2-3)cc1. The van der Waals surface area contributed by atoms with Crippen LogP contribution < -0.4 is 10.6 Å². The molecule has 2 amide bonds. The summed E-state index contributed by atoms with van der Waals surface area (Å²) in [7, 11) is 0. The number of benzene rings is 2. The first-order valence-corrected chi connectivity index (χ1v) is 10.4. The zero-order valence-corrected chi connectivity index (χ0v) is 16.8. The van der Waals surface area contributed by atoms with Crippen molar-refractivity contribution in [3.63, 3.8) is 0 Å². The number of aromatic nitrogens is 2. The maximum absolute atomic E-state index is 12.2. The highest BCUT2D eigenvalue weighted by molar-refractivity contribution is 5.89. The molecule has 0 unspecified atom stereocenters. The number of nitrogens with one attached hydrogen (secondary N) is 3. The molecule has 1 saturated heterocycles. The minimum atomic E-state index is -0.188. The molecular weight excluding hydrogens is 378 g/mol. The first-order valence-electron chi connectivity index (χ1n) is 10.4. The fourth-order valence-electron chi connectivity index (χ4n) is 4.15. The first-order chi connectivity index (χ1) is 14.8. The third-order valence-electron chi connectivity index (χ3n) is 5.75. The first kappa shape index (κ1) is 18.8. The molecule has 1 aliphatic heterocycles. The molecule has 0 spiro atoms. The summed E-state index contributed by atoms with van der Waals surface area (Å²) in [4.78, 5) is 14.5. The number of carbonyl (C=O) groups excluding carboxylic acids is 1. The second kappa shape index (κ2) is 8.30. The molecule has 0 atom stereocenters. The minimum Gasteiger partial charge on any atom is -0.379 e. The molecule has 7 heteroatoms.